The Labute approximate surface area is 155 Å². The number of aliphatic hydroxyl groups excluding tert-OH is 1. The first-order valence-electron chi connectivity index (χ1n) is 8.34. The molecule has 1 aliphatic heterocycles. The van der Waals surface area contributed by atoms with Gasteiger partial charge in [-0.15, -0.1) is 11.3 Å². The van der Waals surface area contributed by atoms with Crippen LogP contribution in [0.3, 0.4) is 0 Å². The van der Waals surface area contributed by atoms with Gasteiger partial charge in [0.05, 0.1) is 12.0 Å². The van der Waals surface area contributed by atoms with E-state index in [0.29, 0.717) is 5.28 Å². The van der Waals surface area contributed by atoms with Gasteiger partial charge in [-0.2, -0.15) is 4.98 Å². The van der Waals surface area contributed by atoms with Crippen molar-refractivity contribution in [2.45, 2.75) is 0 Å². The molecule has 0 saturated carbocycles. The number of nitrogens with zero attached hydrogens (tertiary/aromatic N) is 4. The molecule has 1 saturated heterocycles. The van der Waals surface area contributed by atoms with Crippen molar-refractivity contribution in [3.63, 3.8) is 0 Å². The topological polar surface area (TPSA) is 52.5 Å². The average molecular weight is 375 g/mol. The van der Waals surface area contributed by atoms with Crippen molar-refractivity contribution in [2.75, 3.05) is 44.2 Å². The number of hydrogen-bond acceptors (Lipinski definition) is 6. The van der Waals surface area contributed by atoms with E-state index >= 15 is 0 Å². The first-order chi connectivity index (χ1) is 12.3. The lowest BCUT2D eigenvalue weighted by molar-refractivity contribution is 0.188. The highest BCUT2D eigenvalue weighted by Crippen LogP contribution is 2.39. The van der Waals surface area contributed by atoms with E-state index < -0.39 is 0 Å². The molecule has 0 radical (unpaired) electrons. The van der Waals surface area contributed by atoms with Crippen LogP contribution >= 0.6 is 22.9 Å². The van der Waals surface area contributed by atoms with E-state index in [4.69, 9.17) is 16.7 Å². The van der Waals surface area contributed by atoms with Gasteiger partial charge in [-0.3, -0.25) is 4.90 Å². The molecule has 0 amide bonds. The summed E-state index contributed by atoms with van der Waals surface area (Å²) >= 11 is 7.80. The fraction of sp³-hybridized carbons (Fsp3) is 0.333. The normalized spacial score (nSPS) is 15.8. The second kappa shape index (κ2) is 7.25. The average Bonchev–Trinajstić information content (AvgIpc) is 3.06. The van der Waals surface area contributed by atoms with Crippen LogP contribution in [-0.2, 0) is 0 Å². The van der Waals surface area contributed by atoms with Gasteiger partial charge in [-0.1, -0.05) is 30.3 Å². The van der Waals surface area contributed by atoms with Gasteiger partial charge < -0.3 is 10.0 Å². The number of fused-ring (bicyclic) bond motifs is 1. The molecule has 5 nitrogen and oxygen atoms in total. The summed E-state index contributed by atoms with van der Waals surface area (Å²) in [4.78, 5) is 14.5. The zero-order chi connectivity index (χ0) is 17.2. The molecule has 2 aromatic heterocycles. The molecular formula is C18H19ClN4OS. The number of aromatic nitrogens is 2. The molecule has 3 heterocycles. The molecular weight excluding hydrogens is 356 g/mol. The van der Waals surface area contributed by atoms with Crippen molar-refractivity contribution < 1.29 is 5.11 Å². The Hall–Kier alpha value is -1.73. The molecule has 0 unspecified atom stereocenters. The molecule has 0 atom stereocenters. The quantitative estimate of drug-likeness (QED) is 0.711. The highest BCUT2D eigenvalue weighted by Gasteiger charge is 2.23. The summed E-state index contributed by atoms with van der Waals surface area (Å²) in [6, 6.07) is 10.3. The Kier molecular flexibility index (Phi) is 4.85. The smallest absolute Gasteiger partial charge is 0.225 e. The molecule has 0 aliphatic carbocycles. The predicted octanol–water partition coefficient (Wildman–Crippen LogP) is 3.13. The summed E-state index contributed by atoms with van der Waals surface area (Å²) < 4.78 is 0. The number of anilines is 1. The molecule has 130 valence electrons. The van der Waals surface area contributed by atoms with Crippen LogP contribution in [0, 0.1) is 0 Å². The molecule has 1 aromatic carbocycles. The van der Waals surface area contributed by atoms with Gasteiger partial charge in [0, 0.05) is 43.7 Å². The Balaban J connectivity index is 1.74. The van der Waals surface area contributed by atoms with Gasteiger partial charge in [-0.25, -0.2) is 4.98 Å². The molecule has 0 spiro atoms. The van der Waals surface area contributed by atoms with E-state index in [1.165, 1.54) is 5.56 Å². The lowest BCUT2D eigenvalue weighted by Gasteiger charge is -2.35. The van der Waals surface area contributed by atoms with E-state index in [1.54, 1.807) is 11.3 Å². The largest absolute Gasteiger partial charge is 0.395 e. The summed E-state index contributed by atoms with van der Waals surface area (Å²) in [5, 5.41) is 12.6. The van der Waals surface area contributed by atoms with Gasteiger partial charge in [-0.05, 0) is 17.2 Å². The van der Waals surface area contributed by atoms with Gasteiger partial charge >= 0.3 is 0 Å². The van der Waals surface area contributed by atoms with Crippen molar-refractivity contribution in [1.29, 1.82) is 0 Å². The van der Waals surface area contributed by atoms with Crippen LogP contribution in [0.5, 0.6) is 0 Å². The van der Waals surface area contributed by atoms with Crippen molar-refractivity contribution in [1.82, 2.24) is 14.9 Å². The highest BCUT2D eigenvalue weighted by atomic mass is 35.5. The van der Waals surface area contributed by atoms with E-state index in [9.17, 15) is 0 Å². The molecule has 25 heavy (non-hydrogen) atoms. The van der Waals surface area contributed by atoms with Crippen LogP contribution in [0.4, 0.5) is 5.82 Å². The van der Waals surface area contributed by atoms with Crippen molar-refractivity contribution in [2.24, 2.45) is 0 Å². The second-order valence-electron chi connectivity index (χ2n) is 6.06. The first kappa shape index (κ1) is 16.7. The van der Waals surface area contributed by atoms with Crippen molar-refractivity contribution in [3.05, 3.63) is 41.0 Å². The minimum Gasteiger partial charge on any atom is -0.395 e. The fourth-order valence-corrected chi connectivity index (χ4v) is 4.44. The first-order valence-corrected chi connectivity index (χ1v) is 9.60. The van der Waals surface area contributed by atoms with Gasteiger partial charge in [0.15, 0.2) is 0 Å². The zero-order valence-corrected chi connectivity index (χ0v) is 15.3. The number of piperazine rings is 1. The Morgan fingerprint density at radius 3 is 2.56 bits per heavy atom. The molecule has 1 N–H and O–H groups in total. The monoisotopic (exact) mass is 374 g/mol. The van der Waals surface area contributed by atoms with Crippen molar-refractivity contribution in [3.8, 4) is 11.1 Å². The maximum Gasteiger partial charge on any atom is 0.225 e. The number of β-amino-alcohol motifs (C(OH)–C–C–N with tert-alkyl or cyclic N) is 1. The van der Waals surface area contributed by atoms with Crippen LogP contribution in [-0.4, -0.2) is 59.3 Å². The van der Waals surface area contributed by atoms with Crippen molar-refractivity contribution >= 4 is 39.0 Å². The number of aliphatic hydroxyl groups is 1. The number of rotatable bonds is 4. The van der Waals surface area contributed by atoms with Crippen LogP contribution in [0.15, 0.2) is 35.7 Å². The second-order valence-corrected chi connectivity index (χ2v) is 7.26. The summed E-state index contributed by atoms with van der Waals surface area (Å²) in [5.41, 5.74) is 2.32. The third kappa shape index (κ3) is 3.35. The molecule has 0 bridgehead atoms. The van der Waals surface area contributed by atoms with E-state index in [2.05, 4.69) is 37.3 Å². The highest BCUT2D eigenvalue weighted by molar-refractivity contribution is 7.17. The molecule has 7 heteroatoms. The Bertz CT molecular complexity index is 862. The predicted molar refractivity (Wildman–Crippen MR) is 104 cm³/mol. The third-order valence-corrected chi connectivity index (χ3v) is 5.60. The minimum absolute atomic E-state index is 0.201. The standard InChI is InChI=1S/C18H19ClN4OS/c19-18-20-16(23-8-6-22(7-9-23)10-11-24)15-14(12-25-17(15)21-18)13-4-2-1-3-5-13/h1-5,12,24H,6-11H2. The molecule has 1 fully saturated rings. The summed E-state index contributed by atoms with van der Waals surface area (Å²) in [6.45, 7) is 4.48. The van der Waals surface area contributed by atoms with Crippen LogP contribution < -0.4 is 4.90 Å². The SMILES string of the molecule is OCCN1CCN(c2nc(Cl)nc3scc(-c4ccccc4)c23)CC1. The van der Waals surface area contributed by atoms with Gasteiger partial charge in [0.1, 0.15) is 10.6 Å². The maximum atomic E-state index is 9.12. The minimum atomic E-state index is 0.201. The summed E-state index contributed by atoms with van der Waals surface area (Å²) in [6.07, 6.45) is 0. The third-order valence-electron chi connectivity index (χ3n) is 4.56. The molecule has 3 aromatic rings. The number of hydrogen-bond donors (Lipinski definition) is 1. The number of benzene rings is 1. The number of halogens is 1. The van der Waals surface area contributed by atoms with Gasteiger partial charge in [0.25, 0.3) is 0 Å². The van der Waals surface area contributed by atoms with Gasteiger partial charge in [0.2, 0.25) is 5.28 Å². The summed E-state index contributed by atoms with van der Waals surface area (Å²) in [7, 11) is 0. The fourth-order valence-electron chi connectivity index (χ4n) is 3.28. The van der Waals surface area contributed by atoms with E-state index in [-0.39, 0.29) is 6.61 Å². The maximum absolute atomic E-state index is 9.12. The lowest BCUT2D eigenvalue weighted by Crippen LogP contribution is -2.47. The van der Waals surface area contributed by atoms with Crippen LogP contribution in [0.1, 0.15) is 0 Å². The van der Waals surface area contributed by atoms with Crippen LogP contribution in [0.25, 0.3) is 21.3 Å². The Morgan fingerprint density at radius 2 is 1.84 bits per heavy atom. The Morgan fingerprint density at radius 1 is 1.08 bits per heavy atom. The zero-order valence-electron chi connectivity index (χ0n) is 13.7. The molecule has 1 aliphatic rings. The van der Waals surface area contributed by atoms with E-state index in [0.717, 1.165) is 54.3 Å². The van der Waals surface area contributed by atoms with E-state index in [1.807, 2.05) is 18.2 Å². The molecule has 4 rings (SSSR count). The lowest BCUT2D eigenvalue weighted by atomic mass is 10.1. The summed E-state index contributed by atoms with van der Waals surface area (Å²) in [5.74, 6) is 0.916. The van der Waals surface area contributed by atoms with Crippen LogP contribution in [0.2, 0.25) is 5.28 Å². The number of thiophene rings is 1.